The minimum atomic E-state index is 1.02. The minimum Gasteiger partial charge on any atom is -0.300 e. The highest BCUT2D eigenvalue weighted by molar-refractivity contribution is 4.95. The van der Waals surface area contributed by atoms with E-state index in [0.717, 1.165) is 12.0 Å². The molecule has 2 aliphatic rings. The van der Waals surface area contributed by atoms with Gasteiger partial charge in [-0.25, -0.2) is 0 Å². The number of unbranched alkanes of at least 4 members (excludes halogenated alkanes) is 1. The molecule has 0 aromatic rings. The lowest BCUT2D eigenvalue weighted by atomic mass is 9.92. The van der Waals surface area contributed by atoms with Crippen molar-refractivity contribution in [2.24, 2.45) is 5.92 Å². The monoisotopic (exact) mass is 153 g/mol. The van der Waals surface area contributed by atoms with Crippen LogP contribution in [0.3, 0.4) is 0 Å². The summed E-state index contributed by atoms with van der Waals surface area (Å²) < 4.78 is 0. The molecule has 2 unspecified atom stereocenters. The van der Waals surface area contributed by atoms with Crippen LogP contribution in [0.5, 0.6) is 0 Å². The number of fused-ring (bicyclic) bond motifs is 1. The Bertz CT molecular complexity index is 133. The molecule has 1 saturated heterocycles. The number of nitrogens with zero attached hydrogens (tertiary/aromatic N) is 1. The molecule has 2 rings (SSSR count). The van der Waals surface area contributed by atoms with Crippen molar-refractivity contribution < 1.29 is 0 Å². The van der Waals surface area contributed by atoms with Crippen molar-refractivity contribution in [2.75, 3.05) is 13.1 Å². The zero-order chi connectivity index (χ0) is 7.68. The van der Waals surface area contributed by atoms with E-state index in [1.54, 1.807) is 0 Å². The van der Waals surface area contributed by atoms with Gasteiger partial charge in [0.2, 0.25) is 0 Å². The van der Waals surface area contributed by atoms with Crippen LogP contribution in [-0.2, 0) is 0 Å². The molecule has 1 nitrogen and oxygen atoms in total. The molecule has 0 aromatic heterocycles. The molecule has 0 amide bonds. The van der Waals surface area contributed by atoms with Crippen LogP contribution < -0.4 is 0 Å². The average molecular weight is 153 g/mol. The normalized spacial score (nSPS) is 36.8. The molecule has 0 aromatic carbocycles. The third kappa shape index (κ3) is 1.31. The van der Waals surface area contributed by atoms with Gasteiger partial charge in [0.1, 0.15) is 0 Å². The maximum absolute atomic E-state index is 2.70. The van der Waals surface area contributed by atoms with Gasteiger partial charge in [-0.1, -0.05) is 19.8 Å². The number of rotatable bonds is 3. The van der Waals surface area contributed by atoms with Gasteiger partial charge in [-0.15, -0.1) is 0 Å². The summed E-state index contributed by atoms with van der Waals surface area (Å²) in [5.74, 6) is 1.10. The summed E-state index contributed by atoms with van der Waals surface area (Å²) in [4.78, 5) is 2.70. The molecule has 2 atom stereocenters. The highest BCUT2D eigenvalue weighted by atomic mass is 15.2. The molecular formula is C10H19N. The van der Waals surface area contributed by atoms with Gasteiger partial charge in [0.25, 0.3) is 0 Å². The smallest absolute Gasteiger partial charge is 0.0136 e. The molecule has 1 aliphatic heterocycles. The van der Waals surface area contributed by atoms with Gasteiger partial charge in [0.15, 0.2) is 0 Å². The van der Waals surface area contributed by atoms with E-state index in [2.05, 4.69) is 11.8 Å². The molecule has 1 saturated carbocycles. The first-order valence-corrected chi connectivity index (χ1v) is 5.16. The zero-order valence-corrected chi connectivity index (χ0v) is 7.55. The number of likely N-dealkylation sites (tertiary alicyclic amines) is 1. The Morgan fingerprint density at radius 1 is 1.36 bits per heavy atom. The fourth-order valence-electron chi connectivity index (χ4n) is 2.63. The Labute approximate surface area is 69.8 Å². The van der Waals surface area contributed by atoms with E-state index >= 15 is 0 Å². The van der Waals surface area contributed by atoms with Crippen molar-refractivity contribution in [1.82, 2.24) is 4.90 Å². The SMILES string of the molecule is CCCCN1CC2CCCC21. The van der Waals surface area contributed by atoms with Crippen LogP contribution in [0.25, 0.3) is 0 Å². The molecule has 2 fully saturated rings. The van der Waals surface area contributed by atoms with Crippen molar-refractivity contribution in [1.29, 1.82) is 0 Å². The van der Waals surface area contributed by atoms with Gasteiger partial charge < -0.3 is 0 Å². The molecule has 0 spiro atoms. The van der Waals surface area contributed by atoms with Crippen molar-refractivity contribution >= 4 is 0 Å². The van der Waals surface area contributed by atoms with E-state index in [-0.39, 0.29) is 0 Å². The molecule has 0 radical (unpaired) electrons. The Morgan fingerprint density at radius 3 is 3.00 bits per heavy atom. The van der Waals surface area contributed by atoms with Gasteiger partial charge in [-0.05, 0) is 31.7 Å². The van der Waals surface area contributed by atoms with Gasteiger partial charge in [-0.2, -0.15) is 0 Å². The van der Waals surface area contributed by atoms with E-state index in [0.29, 0.717) is 0 Å². The van der Waals surface area contributed by atoms with Gasteiger partial charge >= 0.3 is 0 Å². The van der Waals surface area contributed by atoms with E-state index in [4.69, 9.17) is 0 Å². The maximum Gasteiger partial charge on any atom is 0.0136 e. The van der Waals surface area contributed by atoms with Gasteiger partial charge in [-0.3, -0.25) is 4.90 Å². The second-order valence-corrected chi connectivity index (χ2v) is 4.11. The quantitative estimate of drug-likeness (QED) is 0.601. The summed E-state index contributed by atoms with van der Waals surface area (Å²) >= 11 is 0. The lowest BCUT2D eigenvalue weighted by Gasteiger charge is -2.44. The third-order valence-electron chi connectivity index (χ3n) is 3.36. The second-order valence-electron chi connectivity index (χ2n) is 4.11. The van der Waals surface area contributed by atoms with Crippen LogP contribution in [0.1, 0.15) is 39.0 Å². The van der Waals surface area contributed by atoms with Crippen molar-refractivity contribution in [3.05, 3.63) is 0 Å². The Kier molecular flexibility index (Phi) is 2.17. The van der Waals surface area contributed by atoms with Crippen LogP contribution in [0.2, 0.25) is 0 Å². The number of hydrogen-bond acceptors (Lipinski definition) is 1. The van der Waals surface area contributed by atoms with Gasteiger partial charge in [0, 0.05) is 12.6 Å². The summed E-state index contributed by atoms with van der Waals surface area (Å²) in [5.41, 5.74) is 0. The highest BCUT2D eigenvalue weighted by Crippen LogP contribution is 2.38. The maximum atomic E-state index is 2.70. The minimum absolute atomic E-state index is 1.02. The van der Waals surface area contributed by atoms with E-state index in [1.807, 2.05) is 0 Å². The Morgan fingerprint density at radius 2 is 2.27 bits per heavy atom. The lowest BCUT2D eigenvalue weighted by molar-refractivity contribution is 0.0374. The van der Waals surface area contributed by atoms with Crippen LogP contribution in [0, 0.1) is 5.92 Å². The summed E-state index contributed by atoms with van der Waals surface area (Å²) in [6.07, 6.45) is 7.27. The largest absolute Gasteiger partial charge is 0.300 e. The van der Waals surface area contributed by atoms with E-state index in [1.165, 1.54) is 45.2 Å². The van der Waals surface area contributed by atoms with E-state index < -0.39 is 0 Å². The number of hydrogen-bond donors (Lipinski definition) is 0. The van der Waals surface area contributed by atoms with Crippen molar-refractivity contribution in [3.8, 4) is 0 Å². The highest BCUT2D eigenvalue weighted by Gasteiger charge is 2.40. The fourth-order valence-corrected chi connectivity index (χ4v) is 2.63. The van der Waals surface area contributed by atoms with Crippen LogP contribution in [0.4, 0.5) is 0 Å². The molecular weight excluding hydrogens is 134 g/mol. The molecule has 11 heavy (non-hydrogen) atoms. The Balaban J connectivity index is 1.73. The molecule has 1 aliphatic carbocycles. The lowest BCUT2D eigenvalue weighted by Crippen LogP contribution is -2.53. The summed E-state index contributed by atoms with van der Waals surface area (Å²) in [7, 11) is 0. The van der Waals surface area contributed by atoms with Crippen LogP contribution in [0.15, 0.2) is 0 Å². The Hall–Kier alpha value is -0.0400. The predicted octanol–water partition coefficient (Wildman–Crippen LogP) is 2.27. The summed E-state index contributed by atoms with van der Waals surface area (Å²) in [5, 5.41) is 0. The molecule has 64 valence electrons. The van der Waals surface area contributed by atoms with Crippen molar-refractivity contribution in [3.63, 3.8) is 0 Å². The van der Waals surface area contributed by atoms with Crippen molar-refractivity contribution in [2.45, 2.75) is 45.1 Å². The zero-order valence-electron chi connectivity index (χ0n) is 7.55. The second kappa shape index (κ2) is 3.14. The summed E-state index contributed by atoms with van der Waals surface area (Å²) in [6.45, 7) is 5.08. The molecule has 1 heteroatoms. The standard InChI is InChI=1S/C10H19N/c1-2-3-7-11-8-9-5-4-6-10(9)11/h9-10H,2-8H2,1H3. The third-order valence-corrected chi connectivity index (χ3v) is 3.36. The predicted molar refractivity (Wildman–Crippen MR) is 47.6 cm³/mol. The molecule has 0 N–H and O–H groups in total. The fraction of sp³-hybridized carbons (Fsp3) is 1.00. The average Bonchev–Trinajstić information content (AvgIpc) is 2.33. The molecule has 1 heterocycles. The van der Waals surface area contributed by atoms with Gasteiger partial charge in [0.05, 0.1) is 0 Å². The summed E-state index contributed by atoms with van der Waals surface area (Å²) in [6, 6.07) is 1.02. The topological polar surface area (TPSA) is 3.24 Å². The van der Waals surface area contributed by atoms with E-state index in [9.17, 15) is 0 Å². The first-order valence-electron chi connectivity index (χ1n) is 5.16. The molecule has 0 bridgehead atoms. The van der Waals surface area contributed by atoms with Crippen LogP contribution in [-0.4, -0.2) is 24.0 Å². The van der Waals surface area contributed by atoms with Crippen LogP contribution >= 0.6 is 0 Å². The first-order chi connectivity index (χ1) is 5.42. The first kappa shape index (κ1) is 7.60.